The number of non-ortho nitro benzene ring substituents is 1. The van der Waals surface area contributed by atoms with E-state index in [1.807, 2.05) is 6.92 Å². The van der Waals surface area contributed by atoms with Crippen molar-refractivity contribution in [3.05, 3.63) is 108 Å². The summed E-state index contributed by atoms with van der Waals surface area (Å²) in [5, 5.41) is 10.9. The number of hydrogen-bond acceptors (Lipinski definition) is 5. The molecule has 0 aliphatic rings. The molecule has 0 fully saturated rings. The van der Waals surface area contributed by atoms with Gasteiger partial charge in [0, 0.05) is 30.3 Å². The molecule has 0 amide bonds. The van der Waals surface area contributed by atoms with Gasteiger partial charge in [-0.3, -0.25) is 24.3 Å². The van der Waals surface area contributed by atoms with Gasteiger partial charge in [0.05, 0.1) is 11.5 Å². The van der Waals surface area contributed by atoms with Crippen LogP contribution in [-0.4, -0.2) is 20.0 Å². The zero-order valence-electron chi connectivity index (χ0n) is 17.5. The highest BCUT2D eigenvalue weighted by molar-refractivity contribution is 5.95. The van der Waals surface area contributed by atoms with E-state index in [4.69, 9.17) is 0 Å². The molecule has 0 unspecified atom stereocenters. The predicted octanol–water partition coefficient (Wildman–Crippen LogP) is 3.20. The number of nitrogens with zero attached hydrogens (tertiary/aromatic N) is 3. The lowest BCUT2D eigenvalue weighted by molar-refractivity contribution is -0.384. The van der Waals surface area contributed by atoms with Crippen LogP contribution in [0.15, 0.2) is 70.4 Å². The molecule has 0 radical (unpaired) electrons. The third-order valence-electron chi connectivity index (χ3n) is 4.76. The summed E-state index contributed by atoms with van der Waals surface area (Å²) < 4.78 is 1.80. The van der Waals surface area contributed by atoms with Crippen molar-refractivity contribution in [2.75, 3.05) is 0 Å². The second-order valence-corrected chi connectivity index (χ2v) is 7.09. The molecular formula is C24H21N3O5. The normalized spacial score (nSPS) is 10.3. The SMILES string of the molecule is CCCCC#Cc1cn(Cc2ccc([N+](=O)[O-])cc2)c(=O)n(C(=O)c2ccccc2)c1=O. The monoisotopic (exact) mass is 431 g/mol. The van der Waals surface area contributed by atoms with Crippen molar-refractivity contribution in [3.63, 3.8) is 0 Å². The molecule has 0 atom stereocenters. The van der Waals surface area contributed by atoms with Crippen LogP contribution in [0, 0.1) is 22.0 Å². The lowest BCUT2D eigenvalue weighted by Crippen LogP contribution is -2.44. The van der Waals surface area contributed by atoms with Crippen molar-refractivity contribution in [3.8, 4) is 11.8 Å². The van der Waals surface area contributed by atoms with Crippen LogP contribution in [0.5, 0.6) is 0 Å². The van der Waals surface area contributed by atoms with E-state index in [-0.39, 0.29) is 23.4 Å². The van der Waals surface area contributed by atoms with E-state index in [1.54, 1.807) is 18.2 Å². The minimum Gasteiger partial charge on any atom is -0.294 e. The number of nitro benzene ring substituents is 1. The minimum absolute atomic E-state index is 0.0167. The molecule has 2 aromatic carbocycles. The first kappa shape index (κ1) is 22.4. The molecule has 1 heterocycles. The Kier molecular flexibility index (Phi) is 7.13. The topological polar surface area (TPSA) is 104 Å². The number of carbonyl (C=O) groups excluding carboxylic acids is 1. The number of aromatic nitrogens is 2. The molecule has 3 rings (SSSR count). The number of hydrogen-bond donors (Lipinski definition) is 0. The molecule has 0 N–H and O–H groups in total. The van der Waals surface area contributed by atoms with Crippen molar-refractivity contribution in [1.29, 1.82) is 0 Å². The molecular weight excluding hydrogens is 410 g/mol. The summed E-state index contributed by atoms with van der Waals surface area (Å²) in [6.07, 6.45) is 3.74. The first-order chi connectivity index (χ1) is 15.4. The molecule has 0 aliphatic heterocycles. The Labute approximate surface area is 183 Å². The van der Waals surface area contributed by atoms with Gasteiger partial charge in [-0.15, -0.1) is 0 Å². The first-order valence-corrected chi connectivity index (χ1v) is 10.1. The summed E-state index contributed by atoms with van der Waals surface area (Å²) in [5.74, 6) is 4.96. The fourth-order valence-corrected chi connectivity index (χ4v) is 3.03. The van der Waals surface area contributed by atoms with Crippen LogP contribution in [0.25, 0.3) is 0 Å². The average Bonchev–Trinajstić information content (AvgIpc) is 2.80. The van der Waals surface area contributed by atoms with Gasteiger partial charge in [0.2, 0.25) is 0 Å². The highest BCUT2D eigenvalue weighted by Crippen LogP contribution is 2.12. The van der Waals surface area contributed by atoms with Crippen molar-refractivity contribution < 1.29 is 9.72 Å². The fraction of sp³-hybridized carbons (Fsp3) is 0.208. The predicted molar refractivity (Wildman–Crippen MR) is 120 cm³/mol. The van der Waals surface area contributed by atoms with E-state index in [2.05, 4.69) is 11.8 Å². The molecule has 0 saturated heterocycles. The van der Waals surface area contributed by atoms with Crippen molar-refractivity contribution >= 4 is 11.6 Å². The van der Waals surface area contributed by atoms with Gasteiger partial charge in [-0.2, -0.15) is 4.57 Å². The molecule has 32 heavy (non-hydrogen) atoms. The van der Waals surface area contributed by atoms with E-state index < -0.39 is 22.1 Å². The number of unbranched alkanes of at least 4 members (excludes halogenated alkanes) is 2. The Bertz CT molecular complexity index is 1310. The highest BCUT2D eigenvalue weighted by Gasteiger charge is 2.18. The number of nitro groups is 1. The average molecular weight is 431 g/mol. The third-order valence-corrected chi connectivity index (χ3v) is 4.76. The third kappa shape index (κ3) is 5.08. The van der Waals surface area contributed by atoms with Crippen molar-refractivity contribution in [2.45, 2.75) is 32.7 Å². The minimum atomic E-state index is -0.804. The molecule has 0 bridgehead atoms. The summed E-state index contributed by atoms with van der Waals surface area (Å²) in [4.78, 5) is 49.3. The molecule has 162 valence electrons. The Balaban J connectivity index is 2.10. The summed E-state index contributed by atoms with van der Waals surface area (Å²) >= 11 is 0. The van der Waals surface area contributed by atoms with E-state index in [0.717, 1.165) is 12.8 Å². The van der Waals surface area contributed by atoms with Gasteiger partial charge < -0.3 is 0 Å². The fourth-order valence-electron chi connectivity index (χ4n) is 3.03. The highest BCUT2D eigenvalue weighted by atomic mass is 16.6. The molecule has 0 spiro atoms. The van der Waals surface area contributed by atoms with Crippen LogP contribution in [0.4, 0.5) is 5.69 Å². The van der Waals surface area contributed by atoms with E-state index in [0.29, 0.717) is 16.6 Å². The zero-order chi connectivity index (χ0) is 23.1. The van der Waals surface area contributed by atoms with Gasteiger partial charge in [-0.1, -0.05) is 55.5 Å². The summed E-state index contributed by atoms with van der Waals surface area (Å²) in [6.45, 7) is 2.04. The quantitative estimate of drug-likeness (QED) is 0.258. The van der Waals surface area contributed by atoms with Crippen LogP contribution < -0.4 is 11.2 Å². The van der Waals surface area contributed by atoms with Gasteiger partial charge in [0.15, 0.2) is 0 Å². The Morgan fingerprint density at radius 2 is 1.75 bits per heavy atom. The molecule has 1 aromatic heterocycles. The number of rotatable bonds is 6. The Morgan fingerprint density at radius 3 is 2.38 bits per heavy atom. The van der Waals surface area contributed by atoms with Crippen LogP contribution in [-0.2, 0) is 6.54 Å². The van der Waals surface area contributed by atoms with Gasteiger partial charge >= 0.3 is 5.69 Å². The molecule has 0 aliphatic carbocycles. The van der Waals surface area contributed by atoms with Gasteiger partial charge in [-0.25, -0.2) is 4.79 Å². The lowest BCUT2D eigenvalue weighted by atomic mass is 10.2. The number of carbonyl (C=O) groups is 1. The van der Waals surface area contributed by atoms with Gasteiger partial charge in [0.25, 0.3) is 17.2 Å². The van der Waals surface area contributed by atoms with Crippen LogP contribution in [0.1, 0.15) is 47.7 Å². The molecule has 8 heteroatoms. The molecule has 8 nitrogen and oxygen atoms in total. The number of benzene rings is 2. The standard InChI is InChI=1S/C24H21N3O5/c1-2-3-4-6-11-20-17-25(16-18-12-14-21(15-13-18)27(31)32)24(30)26(23(20)29)22(28)19-9-7-5-8-10-19/h5,7-10,12-15,17H,2-4,16H2,1H3. The van der Waals surface area contributed by atoms with Crippen molar-refractivity contribution in [2.24, 2.45) is 0 Å². The lowest BCUT2D eigenvalue weighted by Gasteiger charge is -2.11. The summed E-state index contributed by atoms with van der Waals surface area (Å²) in [7, 11) is 0. The van der Waals surface area contributed by atoms with Crippen LogP contribution >= 0.6 is 0 Å². The first-order valence-electron chi connectivity index (χ1n) is 10.1. The maximum atomic E-state index is 13.1. The van der Waals surface area contributed by atoms with Gasteiger partial charge in [0.1, 0.15) is 5.56 Å². The summed E-state index contributed by atoms with van der Waals surface area (Å²) in [6, 6.07) is 13.8. The second kappa shape index (κ2) is 10.2. The smallest absolute Gasteiger partial charge is 0.294 e. The Hall–Kier alpha value is -4.25. The van der Waals surface area contributed by atoms with Crippen molar-refractivity contribution in [1.82, 2.24) is 9.13 Å². The maximum Gasteiger partial charge on any atom is 0.338 e. The maximum absolute atomic E-state index is 13.1. The summed E-state index contributed by atoms with van der Waals surface area (Å²) in [5.41, 5.74) is -0.821. The van der Waals surface area contributed by atoms with Crippen LogP contribution in [0.3, 0.4) is 0 Å². The van der Waals surface area contributed by atoms with E-state index in [1.165, 1.54) is 47.2 Å². The Morgan fingerprint density at radius 1 is 1.06 bits per heavy atom. The molecule has 0 saturated carbocycles. The van der Waals surface area contributed by atoms with E-state index >= 15 is 0 Å². The van der Waals surface area contributed by atoms with Crippen LogP contribution in [0.2, 0.25) is 0 Å². The second-order valence-electron chi connectivity index (χ2n) is 7.09. The zero-order valence-corrected chi connectivity index (χ0v) is 17.5. The van der Waals surface area contributed by atoms with E-state index in [9.17, 15) is 24.5 Å². The molecule has 3 aromatic rings. The largest absolute Gasteiger partial charge is 0.338 e. The van der Waals surface area contributed by atoms with Gasteiger partial charge in [-0.05, 0) is 24.1 Å².